The van der Waals surface area contributed by atoms with E-state index < -0.39 is 0 Å². The lowest BCUT2D eigenvalue weighted by Crippen LogP contribution is -2.04. The Hall–Kier alpha value is -1.06. The summed E-state index contributed by atoms with van der Waals surface area (Å²) in [5.41, 5.74) is 7.69. The zero-order valence-electron chi connectivity index (χ0n) is 7.21. The molecule has 1 atom stereocenters. The lowest BCUT2D eigenvalue weighted by molar-refractivity contribution is 0.827. The molecule has 1 unspecified atom stereocenters. The van der Waals surface area contributed by atoms with Gasteiger partial charge in [-0.2, -0.15) is 5.10 Å². The van der Waals surface area contributed by atoms with Crippen LogP contribution in [0.1, 0.15) is 18.5 Å². The Kier molecular flexibility index (Phi) is 1.98. The molecule has 3 nitrogen and oxygen atoms in total. The van der Waals surface area contributed by atoms with E-state index in [0.29, 0.717) is 5.15 Å². The molecule has 68 valence electrons. The predicted molar refractivity (Wildman–Crippen MR) is 53.7 cm³/mol. The first kappa shape index (κ1) is 8.53. The number of aromatic nitrogens is 2. The van der Waals surface area contributed by atoms with E-state index in [1.54, 1.807) is 0 Å². The molecule has 0 bridgehead atoms. The number of nitrogens with two attached hydrogens (primary N) is 1. The molecule has 0 spiro atoms. The Morgan fingerprint density at radius 1 is 1.54 bits per heavy atom. The van der Waals surface area contributed by atoms with Gasteiger partial charge in [-0.25, -0.2) is 0 Å². The van der Waals surface area contributed by atoms with E-state index in [2.05, 4.69) is 10.2 Å². The second-order valence-corrected chi connectivity index (χ2v) is 3.45. The quantitative estimate of drug-likeness (QED) is 0.733. The lowest BCUT2D eigenvalue weighted by atomic mass is 10.1. The van der Waals surface area contributed by atoms with Crippen LogP contribution in [-0.2, 0) is 0 Å². The van der Waals surface area contributed by atoms with Crippen LogP contribution in [0.5, 0.6) is 0 Å². The topological polar surface area (TPSA) is 54.7 Å². The number of hydrogen-bond acceptors (Lipinski definition) is 2. The Bertz CT molecular complexity index is 433. The summed E-state index contributed by atoms with van der Waals surface area (Å²) in [4.78, 5) is 0. The molecular formula is C9H10ClN3. The largest absolute Gasteiger partial charge is 0.324 e. The molecule has 2 rings (SSSR count). The highest BCUT2D eigenvalue weighted by Crippen LogP contribution is 2.27. The molecule has 1 heterocycles. The molecule has 0 aliphatic carbocycles. The highest BCUT2D eigenvalue weighted by Gasteiger charge is 2.10. The number of halogens is 1. The molecule has 3 N–H and O–H groups in total. The van der Waals surface area contributed by atoms with Crippen molar-refractivity contribution < 1.29 is 0 Å². The van der Waals surface area contributed by atoms with Gasteiger partial charge in [0.15, 0.2) is 0 Å². The Morgan fingerprint density at radius 3 is 3.00 bits per heavy atom. The van der Waals surface area contributed by atoms with E-state index in [4.69, 9.17) is 17.3 Å². The van der Waals surface area contributed by atoms with Crippen LogP contribution < -0.4 is 5.73 Å². The smallest absolute Gasteiger partial charge is 0.132 e. The number of aromatic amines is 1. The van der Waals surface area contributed by atoms with E-state index in [1.807, 2.05) is 25.1 Å². The van der Waals surface area contributed by atoms with Crippen LogP contribution in [0.15, 0.2) is 18.2 Å². The fraction of sp³-hybridized carbons (Fsp3) is 0.222. The number of hydrogen-bond donors (Lipinski definition) is 2. The van der Waals surface area contributed by atoms with Crippen molar-refractivity contribution in [2.75, 3.05) is 0 Å². The van der Waals surface area contributed by atoms with Crippen LogP contribution in [0.3, 0.4) is 0 Å². The number of rotatable bonds is 1. The first-order chi connectivity index (χ1) is 6.20. The Labute approximate surface area is 80.9 Å². The summed E-state index contributed by atoms with van der Waals surface area (Å²) in [6.07, 6.45) is 0. The van der Waals surface area contributed by atoms with E-state index in [-0.39, 0.29) is 6.04 Å². The van der Waals surface area contributed by atoms with Crippen molar-refractivity contribution in [1.82, 2.24) is 10.2 Å². The summed E-state index contributed by atoms with van der Waals surface area (Å²) in [6.45, 7) is 1.93. The highest BCUT2D eigenvalue weighted by atomic mass is 35.5. The molecule has 0 fully saturated rings. The summed E-state index contributed by atoms with van der Waals surface area (Å²) in [5.74, 6) is 0. The van der Waals surface area contributed by atoms with Crippen LogP contribution in [0.25, 0.3) is 10.9 Å². The minimum absolute atomic E-state index is 0.0289. The number of fused-ring (bicyclic) bond motifs is 1. The molecule has 2 aromatic rings. The molecule has 1 aromatic carbocycles. The maximum Gasteiger partial charge on any atom is 0.132 e. The SMILES string of the molecule is CC(N)c1cccc2n[nH]c(Cl)c12. The van der Waals surface area contributed by atoms with Crippen LogP contribution >= 0.6 is 11.6 Å². The molecule has 0 saturated heterocycles. The van der Waals surface area contributed by atoms with E-state index >= 15 is 0 Å². The van der Waals surface area contributed by atoms with Crippen molar-refractivity contribution in [3.8, 4) is 0 Å². The normalized spacial score (nSPS) is 13.5. The van der Waals surface area contributed by atoms with Crippen molar-refractivity contribution in [2.45, 2.75) is 13.0 Å². The predicted octanol–water partition coefficient (Wildman–Crippen LogP) is 2.24. The summed E-state index contributed by atoms with van der Waals surface area (Å²) in [6, 6.07) is 5.77. The maximum atomic E-state index is 5.95. The fourth-order valence-electron chi connectivity index (χ4n) is 1.43. The maximum absolute atomic E-state index is 5.95. The minimum atomic E-state index is -0.0289. The molecule has 0 amide bonds. The molecular weight excluding hydrogens is 186 g/mol. The molecule has 0 radical (unpaired) electrons. The third kappa shape index (κ3) is 1.30. The van der Waals surface area contributed by atoms with Gasteiger partial charge in [0.05, 0.1) is 5.52 Å². The van der Waals surface area contributed by atoms with Crippen molar-refractivity contribution in [1.29, 1.82) is 0 Å². The zero-order chi connectivity index (χ0) is 9.42. The third-order valence-corrected chi connectivity index (χ3v) is 2.33. The summed E-state index contributed by atoms with van der Waals surface area (Å²) >= 11 is 5.95. The van der Waals surface area contributed by atoms with E-state index in [9.17, 15) is 0 Å². The summed E-state index contributed by atoms with van der Waals surface area (Å²) in [7, 11) is 0. The fourth-order valence-corrected chi connectivity index (χ4v) is 1.68. The number of benzene rings is 1. The van der Waals surface area contributed by atoms with Gasteiger partial charge in [0, 0.05) is 11.4 Å². The molecule has 13 heavy (non-hydrogen) atoms. The van der Waals surface area contributed by atoms with Gasteiger partial charge in [-0.05, 0) is 18.6 Å². The Balaban J connectivity index is 2.80. The second-order valence-electron chi connectivity index (χ2n) is 3.07. The highest BCUT2D eigenvalue weighted by molar-refractivity contribution is 6.34. The number of nitrogens with zero attached hydrogens (tertiary/aromatic N) is 1. The third-order valence-electron chi connectivity index (χ3n) is 2.06. The monoisotopic (exact) mass is 195 g/mol. The second kappa shape index (κ2) is 3.01. The van der Waals surface area contributed by atoms with Gasteiger partial charge in [-0.1, -0.05) is 23.7 Å². The zero-order valence-corrected chi connectivity index (χ0v) is 7.97. The summed E-state index contributed by atoms with van der Waals surface area (Å²) < 4.78 is 0. The Morgan fingerprint density at radius 2 is 2.31 bits per heavy atom. The number of H-pyrrole nitrogens is 1. The molecule has 0 saturated carbocycles. The average molecular weight is 196 g/mol. The molecule has 1 aromatic heterocycles. The van der Waals surface area contributed by atoms with Gasteiger partial charge in [-0.15, -0.1) is 0 Å². The molecule has 4 heteroatoms. The summed E-state index contributed by atoms with van der Waals surface area (Å²) in [5, 5.41) is 8.27. The first-order valence-corrected chi connectivity index (χ1v) is 4.46. The van der Waals surface area contributed by atoms with E-state index in [0.717, 1.165) is 16.5 Å². The van der Waals surface area contributed by atoms with Crippen LogP contribution in [0.4, 0.5) is 0 Å². The van der Waals surface area contributed by atoms with Gasteiger partial charge >= 0.3 is 0 Å². The van der Waals surface area contributed by atoms with Crippen LogP contribution in [0.2, 0.25) is 5.15 Å². The van der Waals surface area contributed by atoms with Gasteiger partial charge in [0.1, 0.15) is 5.15 Å². The minimum Gasteiger partial charge on any atom is -0.324 e. The first-order valence-electron chi connectivity index (χ1n) is 4.08. The lowest BCUT2D eigenvalue weighted by Gasteiger charge is -2.06. The number of nitrogens with one attached hydrogen (secondary N) is 1. The van der Waals surface area contributed by atoms with Crippen LogP contribution in [0, 0.1) is 0 Å². The van der Waals surface area contributed by atoms with Gasteiger partial charge in [0.25, 0.3) is 0 Å². The van der Waals surface area contributed by atoms with Crippen molar-refractivity contribution in [2.24, 2.45) is 5.73 Å². The average Bonchev–Trinajstić information content (AvgIpc) is 2.48. The molecule has 0 aliphatic rings. The van der Waals surface area contributed by atoms with Crippen molar-refractivity contribution >= 4 is 22.5 Å². The van der Waals surface area contributed by atoms with Gasteiger partial charge in [-0.3, -0.25) is 5.10 Å². The van der Waals surface area contributed by atoms with Gasteiger partial charge < -0.3 is 5.73 Å². The van der Waals surface area contributed by atoms with Crippen molar-refractivity contribution in [3.63, 3.8) is 0 Å². The standard InChI is InChI=1S/C9H10ClN3/c1-5(11)6-3-2-4-7-8(6)9(10)13-12-7/h2-5H,11H2,1H3,(H,12,13). The molecule has 0 aliphatic heterocycles. The van der Waals surface area contributed by atoms with Crippen molar-refractivity contribution in [3.05, 3.63) is 28.9 Å². The van der Waals surface area contributed by atoms with Gasteiger partial charge in [0.2, 0.25) is 0 Å². The van der Waals surface area contributed by atoms with Crippen LogP contribution in [-0.4, -0.2) is 10.2 Å². The van der Waals surface area contributed by atoms with E-state index in [1.165, 1.54) is 0 Å².